The maximum atomic E-state index is 12.2. The van der Waals surface area contributed by atoms with Crippen molar-refractivity contribution in [3.63, 3.8) is 0 Å². The second kappa shape index (κ2) is 5.87. The number of rotatable bonds is 4. The van der Waals surface area contributed by atoms with E-state index >= 15 is 0 Å². The summed E-state index contributed by atoms with van der Waals surface area (Å²) in [5.74, 6) is -0.146. The zero-order valence-electron chi connectivity index (χ0n) is 11.3. The first kappa shape index (κ1) is 15.5. The number of H-pyrrole nitrogens is 1. The number of aromatic amines is 1. The van der Waals surface area contributed by atoms with Crippen molar-refractivity contribution in [1.29, 1.82) is 0 Å². The van der Waals surface area contributed by atoms with Crippen molar-refractivity contribution >= 4 is 48.7 Å². The van der Waals surface area contributed by atoms with Crippen molar-refractivity contribution in [2.45, 2.75) is 13.8 Å². The molecule has 0 atom stereocenters. The number of halogens is 2. The van der Waals surface area contributed by atoms with Crippen LogP contribution in [0, 0.1) is 5.41 Å². The summed E-state index contributed by atoms with van der Waals surface area (Å²) in [7, 11) is 0. The van der Waals surface area contributed by atoms with Crippen LogP contribution in [0.2, 0.25) is 0 Å². The van der Waals surface area contributed by atoms with Crippen molar-refractivity contribution in [2.75, 3.05) is 13.2 Å². The first-order valence-electron chi connectivity index (χ1n) is 6.19. The van der Waals surface area contributed by atoms with Gasteiger partial charge in [-0.05, 0) is 44.0 Å². The zero-order chi connectivity index (χ0) is 14.9. The Balaban J connectivity index is 2.25. The highest BCUT2D eigenvalue weighted by Crippen LogP contribution is 2.30. The molecular weight excluding hydrogens is 388 g/mol. The molecule has 0 radical (unpaired) electrons. The first-order chi connectivity index (χ1) is 9.34. The molecule has 108 valence electrons. The summed E-state index contributed by atoms with van der Waals surface area (Å²) in [5.41, 5.74) is 1.17. The lowest BCUT2D eigenvalue weighted by atomic mass is 9.95. The largest absolute Gasteiger partial charge is 0.396 e. The van der Waals surface area contributed by atoms with Gasteiger partial charge in [-0.2, -0.15) is 0 Å². The third-order valence-corrected chi connectivity index (χ3v) is 4.97. The monoisotopic (exact) mass is 402 g/mol. The van der Waals surface area contributed by atoms with Crippen LogP contribution in [0.3, 0.4) is 0 Å². The third-order valence-electron chi connectivity index (χ3n) is 3.12. The van der Waals surface area contributed by atoms with Gasteiger partial charge >= 0.3 is 0 Å². The minimum atomic E-state index is -0.328. The van der Waals surface area contributed by atoms with Crippen LogP contribution in [0.1, 0.15) is 24.2 Å². The van der Waals surface area contributed by atoms with Crippen LogP contribution in [0.4, 0.5) is 0 Å². The minimum Gasteiger partial charge on any atom is -0.396 e. The van der Waals surface area contributed by atoms with Crippen LogP contribution in [0.25, 0.3) is 10.9 Å². The number of aliphatic hydroxyl groups excluding tert-OH is 1. The predicted molar refractivity (Wildman–Crippen MR) is 86.9 cm³/mol. The molecule has 0 aliphatic carbocycles. The summed E-state index contributed by atoms with van der Waals surface area (Å²) in [6.07, 6.45) is 1.70. The molecule has 0 bridgehead atoms. The molecule has 20 heavy (non-hydrogen) atoms. The highest BCUT2D eigenvalue weighted by Gasteiger charge is 2.19. The molecule has 0 aliphatic heterocycles. The minimum absolute atomic E-state index is 0.0274. The molecular formula is C14H16Br2N2O2. The number of hydrogen-bond acceptors (Lipinski definition) is 2. The van der Waals surface area contributed by atoms with Gasteiger partial charge in [0.2, 0.25) is 0 Å². The lowest BCUT2D eigenvalue weighted by Crippen LogP contribution is -2.35. The van der Waals surface area contributed by atoms with E-state index in [4.69, 9.17) is 0 Å². The molecule has 0 spiro atoms. The molecule has 1 heterocycles. The maximum absolute atomic E-state index is 12.2. The van der Waals surface area contributed by atoms with Gasteiger partial charge in [0.05, 0.1) is 5.56 Å². The van der Waals surface area contributed by atoms with Crippen LogP contribution in [-0.4, -0.2) is 29.1 Å². The summed E-state index contributed by atoms with van der Waals surface area (Å²) < 4.78 is 1.83. The Morgan fingerprint density at radius 1 is 1.35 bits per heavy atom. The van der Waals surface area contributed by atoms with E-state index in [1.807, 2.05) is 26.0 Å². The number of aliphatic hydroxyl groups is 1. The molecule has 0 unspecified atom stereocenters. The Morgan fingerprint density at radius 2 is 2.00 bits per heavy atom. The third kappa shape index (κ3) is 3.24. The topological polar surface area (TPSA) is 65.1 Å². The molecule has 3 N–H and O–H groups in total. The SMILES string of the molecule is CC(C)(CO)CNC(=O)c1c[nH]c2cc(Br)c(Br)cc12. The predicted octanol–water partition coefficient (Wildman–Crippen LogP) is 3.44. The van der Waals surface area contributed by atoms with E-state index in [2.05, 4.69) is 42.2 Å². The van der Waals surface area contributed by atoms with Crippen LogP contribution >= 0.6 is 31.9 Å². The van der Waals surface area contributed by atoms with Crippen molar-refractivity contribution < 1.29 is 9.90 Å². The average molecular weight is 404 g/mol. The normalized spacial score (nSPS) is 11.8. The lowest BCUT2D eigenvalue weighted by molar-refractivity contribution is 0.0912. The second-order valence-electron chi connectivity index (χ2n) is 5.52. The van der Waals surface area contributed by atoms with E-state index in [-0.39, 0.29) is 17.9 Å². The fourth-order valence-electron chi connectivity index (χ4n) is 1.78. The highest BCUT2D eigenvalue weighted by atomic mass is 79.9. The van der Waals surface area contributed by atoms with Gasteiger partial charge in [0, 0.05) is 44.6 Å². The number of fused-ring (bicyclic) bond motifs is 1. The van der Waals surface area contributed by atoms with E-state index < -0.39 is 0 Å². The van der Waals surface area contributed by atoms with E-state index in [0.717, 1.165) is 19.8 Å². The van der Waals surface area contributed by atoms with Crippen molar-refractivity contribution in [1.82, 2.24) is 10.3 Å². The second-order valence-corrected chi connectivity index (χ2v) is 7.23. The highest BCUT2D eigenvalue weighted by molar-refractivity contribution is 9.13. The summed E-state index contributed by atoms with van der Waals surface area (Å²) >= 11 is 6.87. The molecule has 1 amide bonds. The fourth-order valence-corrected chi connectivity index (χ4v) is 2.46. The molecule has 0 fully saturated rings. The van der Waals surface area contributed by atoms with E-state index in [1.54, 1.807) is 6.20 Å². The zero-order valence-corrected chi connectivity index (χ0v) is 14.4. The van der Waals surface area contributed by atoms with Crippen LogP contribution < -0.4 is 5.32 Å². The van der Waals surface area contributed by atoms with Gasteiger partial charge in [0.25, 0.3) is 5.91 Å². The number of hydrogen-bond donors (Lipinski definition) is 3. The molecule has 0 aliphatic rings. The quantitative estimate of drug-likeness (QED) is 0.731. The lowest BCUT2D eigenvalue weighted by Gasteiger charge is -2.21. The number of carbonyl (C=O) groups excluding carboxylic acids is 1. The standard InChI is InChI=1S/C14H16Br2N2O2/c1-14(2,7-19)6-18-13(20)9-5-17-12-4-11(16)10(15)3-8(9)12/h3-5,17,19H,6-7H2,1-2H3,(H,18,20). The van der Waals surface area contributed by atoms with Gasteiger partial charge in [0.15, 0.2) is 0 Å². The van der Waals surface area contributed by atoms with E-state index in [1.165, 1.54) is 0 Å². The maximum Gasteiger partial charge on any atom is 0.253 e. The summed E-state index contributed by atoms with van der Waals surface area (Å²) in [4.78, 5) is 15.3. The van der Waals surface area contributed by atoms with Crippen molar-refractivity contribution in [3.05, 3.63) is 32.8 Å². The average Bonchev–Trinajstić information content (AvgIpc) is 2.79. The Hall–Kier alpha value is -0.850. The molecule has 1 aromatic carbocycles. The van der Waals surface area contributed by atoms with E-state index in [0.29, 0.717) is 12.1 Å². The Labute approximate surface area is 134 Å². The van der Waals surface area contributed by atoms with Gasteiger partial charge in [-0.15, -0.1) is 0 Å². The molecule has 2 rings (SSSR count). The van der Waals surface area contributed by atoms with Gasteiger partial charge in [0.1, 0.15) is 0 Å². The van der Waals surface area contributed by atoms with Crippen LogP contribution in [0.5, 0.6) is 0 Å². The molecule has 0 saturated carbocycles. The van der Waals surface area contributed by atoms with Crippen molar-refractivity contribution in [3.8, 4) is 0 Å². The number of nitrogens with one attached hydrogen (secondary N) is 2. The van der Waals surface area contributed by atoms with Gasteiger partial charge in [-0.1, -0.05) is 13.8 Å². The summed E-state index contributed by atoms with van der Waals surface area (Å²) in [6.45, 7) is 4.25. The molecule has 2 aromatic rings. The van der Waals surface area contributed by atoms with E-state index in [9.17, 15) is 9.90 Å². The number of amides is 1. The smallest absolute Gasteiger partial charge is 0.253 e. The fraction of sp³-hybridized carbons (Fsp3) is 0.357. The number of benzene rings is 1. The first-order valence-corrected chi connectivity index (χ1v) is 7.78. The Bertz CT molecular complexity index is 650. The summed E-state index contributed by atoms with van der Waals surface area (Å²) in [6, 6.07) is 3.83. The van der Waals surface area contributed by atoms with Gasteiger partial charge < -0.3 is 15.4 Å². The summed E-state index contributed by atoms with van der Waals surface area (Å²) in [5, 5.41) is 12.9. The van der Waals surface area contributed by atoms with Gasteiger partial charge in [-0.25, -0.2) is 0 Å². The molecule has 1 aromatic heterocycles. The number of aromatic nitrogens is 1. The molecule has 6 heteroatoms. The van der Waals surface area contributed by atoms with Gasteiger partial charge in [-0.3, -0.25) is 4.79 Å². The number of carbonyl (C=O) groups is 1. The van der Waals surface area contributed by atoms with Crippen molar-refractivity contribution in [2.24, 2.45) is 5.41 Å². The Morgan fingerprint density at radius 3 is 2.65 bits per heavy atom. The molecule has 4 nitrogen and oxygen atoms in total. The molecule has 0 saturated heterocycles. The van der Waals surface area contributed by atoms with Crippen LogP contribution in [0.15, 0.2) is 27.3 Å². The van der Waals surface area contributed by atoms with Crippen LogP contribution in [-0.2, 0) is 0 Å². The Kier molecular flexibility index (Phi) is 4.56.